The molecule has 0 N–H and O–H groups in total. The number of benzene rings is 1. The predicted octanol–water partition coefficient (Wildman–Crippen LogP) is 2.75. The quantitative estimate of drug-likeness (QED) is 0.847. The van der Waals surface area contributed by atoms with Crippen molar-refractivity contribution >= 4 is 5.91 Å². The van der Waals surface area contributed by atoms with Crippen LogP contribution in [0.4, 0.5) is 0 Å². The van der Waals surface area contributed by atoms with E-state index in [-0.39, 0.29) is 5.91 Å². The first kappa shape index (κ1) is 16.7. The number of aromatic nitrogens is 1. The van der Waals surface area contributed by atoms with E-state index in [4.69, 9.17) is 4.42 Å². The van der Waals surface area contributed by atoms with E-state index in [0.29, 0.717) is 18.7 Å². The number of likely N-dealkylation sites (N-methyl/N-ethyl adjacent to an activating group) is 1. The van der Waals surface area contributed by atoms with E-state index >= 15 is 0 Å². The first-order chi connectivity index (χ1) is 11.7. The van der Waals surface area contributed by atoms with Gasteiger partial charge in [0.15, 0.2) is 11.7 Å². The molecule has 5 nitrogen and oxygen atoms in total. The van der Waals surface area contributed by atoms with Crippen LogP contribution in [0.1, 0.15) is 24.8 Å². The fraction of sp³-hybridized carbons (Fsp3) is 0.474. The molecule has 1 aliphatic heterocycles. The summed E-state index contributed by atoms with van der Waals surface area (Å²) >= 11 is 0. The zero-order valence-electron chi connectivity index (χ0n) is 14.5. The monoisotopic (exact) mass is 327 g/mol. The van der Waals surface area contributed by atoms with Gasteiger partial charge in [0.2, 0.25) is 5.91 Å². The molecule has 128 valence electrons. The molecule has 0 unspecified atom stereocenters. The van der Waals surface area contributed by atoms with E-state index < -0.39 is 0 Å². The van der Waals surface area contributed by atoms with Crippen LogP contribution in [0.15, 0.2) is 34.9 Å². The van der Waals surface area contributed by atoms with Crippen LogP contribution in [-0.2, 0) is 11.2 Å². The van der Waals surface area contributed by atoms with E-state index in [9.17, 15) is 4.79 Å². The summed E-state index contributed by atoms with van der Waals surface area (Å²) in [6.07, 6.45) is 2.75. The van der Waals surface area contributed by atoms with Gasteiger partial charge in [0, 0.05) is 44.6 Å². The number of hydrogen-bond donors (Lipinski definition) is 0. The Morgan fingerprint density at radius 1 is 1.17 bits per heavy atom. The minimum absolute atomic E-state index is 0.195. The van der Waals surface area contributed by atoms with E-state index in [1.165, 1.54) is 5.56 Å². The van der Waals surface area contributed by atoms with E-state index in [2.05, 4.69) is 35.9 Å². The molecule has 1 aromatic heterocycles. The van der Waals surface area contributed by atoms with Crippen molar-refractivity contribution < 1.29 is 9.21 Å². The summed E-state index contributed by atoms with van der Waals surface area (Å²) in [7, 11) is 0. The maximum Gasteiger partial charge on any atom is 0.223 e. The molecule has 1 aliphatic rings. The first-order valence-electron chi connectivity index (χ1n) is 8.67. The number of carbonyl (C=O) groups excluding carboxylic acids is 1. The van der Waals surface area contributed by atoms with Gasteiger partial charge in [0.1, 0.15) is 0 Å². The largest absolute Gasteiger partial charge is 0.441 e. The van der Waals surface area contributed by atoms with E-state index in [0.717, 1.165) is 44.0 Å². The maximum absolute atomic E-state index is 12.3. The van der Waals surface area contributed by atoms with Gasteiger partial charge in [-0.15, -0.1) is 0 Å². The lowest BCUT2D eigenvalue weighted by Crippen LogP contribution is -2.48. The molecule has 3 rings (SSSR count). The van der Waals surface area contributed by atoms with Gasteiger partial charge in [-0.05, 0) is 13.5 Å². The second-order valence-electron chi connectivity index (χ2n) is 6.30. The molecule has 1 amide bonds. The highest BCUT2D eigenvalue weighted by molar-refractivity contribution is 5.76. The van der Waals surface area contributed by atoms with Gasteiger partial charge in [-0.3, -0.25) is 4.79 Å². The molecule has 5 heteroatoms. The third-order valence-corrected chi connectivity index (χ3v) is 4.61. The Hall–Kier alpha value is -2.14. The fourth-order valence-corrected chi connectivity index (χ4v) is 2.96. The summed E-state index contributed by atoms with van der Waals surface area (Å²) in [4.78, 5) is 21.0. The predicted molar refractivity (Wildman–Crippen MR) is 93.7 cm³/mol. The highest BCUT2D eigenvalue weighted by Crippen LogP contribution is 2.21. The first-order valence-corrected chi connectivity index (χ1v) is 8.67. The van der Waals surface area contributed by atoms with Crippen molar-refractivity contribution in [3.05, 3.63) is 41.9 Å². The van der Waals surface area contributed by atoms with E-state index in [1.54, 1.807) is 6.20 Å². The molecule has 2 heterocycles. The van der Waals surface area contributed by atoms with Crippen LogP contribution < -0.4 is 0 Å². The zero-order chi connectivity index (χ0) is 16.9. The van der Waals surface area contributed by atoms with Gasteiger partial charge in [0.25, 0.3) is 0 Å². The smallest absolute Gasteiger partial charge is 0.223 e. The number of nitrogens with zero attached hydrogens (tertiary/aromatic N) is 3. The van der Waals surface area contributed by atoms with Crippen LogP contribution in [0.25, 0.3) is 11.3 Å². The zero-order valence-corrected chi connectivity index (χ0v) is 14.5. The standard InChI is InChI=1S/C19H25N3O2/c1-3-21-10-12-22(13-11-21)19(23)9-8-18-20-14-17(24-18)16-6-4-15(2)5-7-16/h4-7,14H,3,8-13H2,1-2H3. The van der Waals surface area contributed by atoms with E-state index in [1.807, 2.05) is 17.0 Å². The lowest BCUT2D eigenvalue weighted by atomic mass is 10.1. The molecular formula is C19H25N3O2. The molecule has 1 aromatic carbocycles. The van der Waals surface area contributed by atoms with Crippen LogP contribution in [0, 0.1) is 6.92 Å². The topological polar surface area (TPSA) is 49.6 Å². The Morgan fingerprint density at radius 2 is 1.88 bits per heavy atom. The van der Waals surface area contributed by atoms with Crippen LogP contribution in [-0.4, -0.2) is 53.4 Å². The highest BCUT2D eigenvalue weighted by Gasteiger charge is 2.20. The summed E-state index contributed by atoms with van der Waals surface area (Å²) in [6, 6.07) is 8.16. The van der Waals surface area contributed by atoms with Crippen molar-refractivity contribution in [1.29, 1.82) is 0 Å². The van der Waals surface area contributed by atoms with Gasteiger partial charge in [-0.2, -0.15) is 0 Å². The average Bonchev–Trinajstić information content (AvgIpc) is 3.09. The molecule has 0 spiro atoms. The van der Waals surface area contributed by atoms with Crippen molar-refractivity contribution in [2.75, 3.05) is 32.7 Å². The lowest BCUT2D eigenvalue weighted by molar-refractivity contribution is -0.132. The number of aryl methyl sites for hydroxylation is 2. The normalized spacial score (nSPS) is 15.7. The number of rotatable bonds is 5. The molecular weight excluding hydrogens is 302 g/mol. The van der Waals surface area contributed by atoms with Crippen molar-refractivity contribution in [3.63, 3.8) is 0 Å². The van der Waals surface area contributed by atoms with Crippen molar-refractivity contribution in [2.45, 2.75) is 26.7 Å². The number of piperazine rings is 1. The summed E-state index contributed by atoms with van der Waals surface area (Å²) in [6.45, 7) is 8.87. The molecule has 0 saturated carbocycles. The third-order valence-electron chi connectivity index (χ3n) is 4.61. The second kappa shape index (κ2) is 7.62. The Labute approximate surface area is 143 Å². The molecule has 24 heavy (non-hydrogen) atoms. The van der Waals surface area contributed by atoms with Crippen molar-refractivity contribution in [3.8, 4) is 11.3 Å². The minimum Gasteiger partial charge on any atom is -0.441 e. The Bertz CT molecular complexity index is 670. The number of carbonyl (C=O) groups is 1. The van der Waals surface area contributed by atoms with Gasteiger partial charge in [0.05, 0.1) is 6.20 Å². The summed E-state index contributed by atoms with van der Waals surface area (Å²) in [5, 5.41) is 0. The summed E-state index contributed by atoms with van der Waals surface area (Å²) in [5.74, 6) is 1.58. The molecule has 0 bridgehead atoms. The molecule has 1 saturated heterocycles. The van der Waals surface area contributed by atoms with Gasteiger partial charge < -0.3 is 14.2 Å². The number of oxazole rings is 1. The van der Waals surface area contributed by atoms with Crippen LogP contribution in [0.3, 0.4) is 0 Å². The van der Waals surface area contributed by atoms with Crippen LogP contribution >= 0.6 is 0 Å². The summed E-state index contributed by atoms with van der Waals surface area (Å²) < 4.78 is 5.79. The maximum atomic E-state index is 12.3. The highest BCUT2D eigenvalue weighted by atomic mass is 16.4. The second-order valence-corrected chi connectivity index (χ2v) is 6.30. The molecule has 0 radical (unpaired) electrons. The van der Waals surface area contributed by atoms with Crippen LogP contribution in [0.2, 0.25) is 0 Å². The Kier molecular flexibility index (Phi) is 5.30. The molecule has 0 atom stereocenters. The van der Waals surface area contributed by atoms with Gasteiger partial charge >= 0.3 is 0 Å². The Morgan fingerprint density at radius 3 is 2.54 bits per heavy atom. The van der Waals surface area contributed by atoms with Gasteiger partial charge in [-0.25, -0.2) is 4.98 Å². The molecule has 2 aromatic rings. The molecule has 0 aliphatic carbocycles. The lowest BCUT2D eigenvalue weighted by Gasteiger charge is -2.34. The van der Waals surface area contributed by atoms with Crippen molar-refractivity contribution in [1.82, 2.24) is 14.8 Å². The van der Waals surface area contributed by atoms with Crippen molar-refractivity contribution in [2.24, 2.45) is 0 Å². The summed E-state index contributed by atoms with van der Waals surface area (Å²) in [5.41, 5.74) is 2.23. The average molecular weight is 327 g/mol. The minimum atomic E-state index is 0.195. The Balaban J connectivity index is 1.52. The SMILES string of the molecule is CCN1CCN(C(=O)CCc2ncc(-c3ccc(C)cc3)o2)CC1. The third kappa shape index (κ3) is 4.03. The van der Waals surface area contributed by atoms with Crippen LogP contribution in [0.5, 0.6) is 0 Å². The molecule has 1 fully saturated rings. The number of amides is 1. The fourth-order valence-electron chi connectivity index (χ4n) is 2.96. The number of hydrogen-bond acceptors (Lipinski definition) is 4. The van der Waals surface area contributed by atoms with Gasteiger partial charge in [-0.1, -0.05) is 36.8 Å².